The van der Waals surface area contributed by atoms with Gasteiger partial charge < -0.3 is 25.4 Å². The summed E-state index contributed by atoms with van der Waals surface area (Å²) in [6.45, 7) is 2.05. The van der Waals surface area contributed by atoms with Gasteiger partial charge in [0.15, 0.2) is 0 Å². The van der Waals surface area contributed by atoms with Gasteiger partial charge in [-0.1, -0.05) is 56.5 Å². The molecular formula is C27H37N3O5. The maximum Gasteiger partial charge on any atom is 0.246 e. The summed E-state index contributed by atoms with van der Waals surface area (Å²) in [5.41, 5.74) is -0.0345. The highest BCUT2D eigenvalue weighted by atomic mass is 16.5. The van der Waals surface area contributed by atoms with Crippen LogP contribution in [0.25, 0.3) is 0 Å². The second-order valence-electron chi connectivity index (χ2n) is 10.6. The molecule has 3 saturated heterocycles. The molecular weight excluding hydrogens is 446 g/mol. The predicted octanol–water partition coefficient (Wildman–Crippen LogP) is 1.90. The van der Waals surface area contributed by atoms with Gasteiger partial charge >= 0.3 is 0 Å². The van der Waals surface area contributed by atoms with Crippen molar-refractivity contribution in [2.75, 3.05) is 6.61 Å². The lowest BCUT2D eigenvalue weighted by atomic mass is 9.70. The molecule has 8 nitrogen and oxygen atoms in total. The van der Waals surface area contributed by atoms with Crippen molar-refractivity contribution in [2.24, 2.45) is 11.8 Å². The van der Waals surface area contributed by atoms with Crippen molar-refractivity contribution < 1.29 is 24.2 Å². The molecule has 8 heteroatoms. The zero-order valence-corrected chi connectivity index (χ0v) is 20.4. The third kappa shape index (κ3) is 4.14. The number of benzene rings is 1. The maximum absolute atomic E-state index is 13.9. The summed E-state index contributed by atoms with van der Waals surface area (Å²) in [7, 11) is 0. The fourth-order valence-corrected chi connectivity index (χ4v) is 6.93. The van der Waals surface area contributed by atoms with Gasteiger partial charge in [-0.2, -0.15) is 0 Å². The van der Waals surface area contributed by atoms with Crippen LogP contribution in [0, 0.1) is 11.8 Å². The zero-order chi connectivity index (χ0) is 24.6. The second kappa shape index (κ2) is 9.90. The fourth-order valence-electron chi connectivity index (χ4n) is 6.93. The smallest absolute Gasteiger partial charge is 0.246 e. The lowest BCUT2D eigenvalue weighted by Gasteiger charge is -2.37. The van der Waals surface area contributed by atoms with Gasteiger partial charge in [-0.3, -0.25) is 14.4 Å². The van der Waals surface area contributed by atoms with Gasteiger partial charge in [-0.15, -0.1) is 0 Å². The van der Waals surface area contributed by atoms with E-state index in [9.17, 15) is 19.5 Å². The van der Waals surface area contributed by atoms with E-state index in [-0.39, 0.29) is 36.5 Å². The molecule has 1 saturated carbocycles. The molecule has 3 N–H and O–H groups in total. The van der Waals surface area contributed by atoms with Crippen molar-refractivity contribution >= 4 is 17.7 Å². The normalized spacial score (nSPS) is 33.0. The van der Waals surface area contributed by atoms with Crippen molar-refractivity contribution in [1.29, 1.82) is 0 Å². The highest BCUT2D eigenvalue weighted by Gasteiger charge is 2.75. The number of ether oxygens (including phenoxy) is 1. The Kier molecular flexibility index (Phi) is 6.86. The number of carbonyl (C=O) groups is 3. The molecule has 3 amide bonds. The molecule has 4 fully saturated rings. The van der Waals surface area contributed by atoms with Crippen LogP contribution in [-0.2, 0) is 25.7 Å². The molecule has 5 rings (SSSR count). The minimum absolute atomic E-state index is 0.0985. The molecule has 2 bridgehead atoms. The lowest BCUT2D eigenvalue weighted by Crippen LogP contribution is -2.59. The number of nitrogens with one attached hydrogen (secondary N) is 2. The third-order valence-corrected chi connectivity index (χ3v) is 8.63. The highest BCUT2D eigenvalue weighted by molar-refractivity contribution is 5.99. The number of nitrogens with zero attached hydrogens (tertiary/aromatic N) is 1. The number of amides is 3. The quantitative estimate of drug-likeness (QED) is 0.524. The summed E-state index contributed by atoms with van der Waals surface area (Å²) in [5.74, 6) is -1.99. The zero-order valence-electron chi connectivity index (χ0n) is 20.4. The molecule has 1 aromatic carbocycles. The second-order valence-corrected chi connectivity index (χ2v) is 10.6. The Morgan fingerprint density at radius 1 is 1.14 bits per heavy atom. The number of rotatable bonds is 8. The Bertz CT molecular complexity index is 945. The number of fused-ring (bicyclic) bond motifs is 1. The van der Waals surface area contributed by atoms with E-state index in [0.29, 0.717) is 25.8 Å². The number of likely N-dealkylation sites (tertiary alicyclic amines) is 1. The number of carbonyl (C=O) groups excluding carboxylic acids is 3. The molecule has 0 aromatic heterocycles. The molecule has 1 aliphatic carbocycles. The number of hydrogen-bond donors (Lipinski definition) is 3. The molecule has 1 spiro atoms. The first-order valence-corrected chi connectivity index (χ1v) is 13.2. The molecule has 6 atom stereocenters. The van der Waals surface area contributed by atoms with E-state index in [4.69, 9.17) is 4.74 Å². The lowest BCUT2D eigenvalue weighted by molar-refractivity contribution is -0.146. The van der Waals surface area contributed by atoms with E-state index in [0.717, 1.165) is 31.2 Å². The van der Waals surface area contributed by atoms with E-state index in [1.165, 1.54) is 6.42 Å². The van der Waals surface area contributed by atoms with Crippen molar-refractivity contribution in [1.82, 2.24) is 15.5 Å². The fraction of sp³-hybridized carbons (Fsp3) is 0.667. The highest BCUT2D eigenvalue weighted by Crippen LogP contribution is 2.58. The van der Waals surface area contributed by atoms with Crippen LogP contribution in [0.1, 0.15) is 63.9 Å². The summed E-state index contributed by atoms with van der Waals surface area (Å²) >= 11 is 0. The number of hydrogen-bond acceptors (Lipinski definition) is 5. The van der Waals surface area contributed by atoms with Crippen LogP contribution in [-0.4, -0.2) is 64.2 Å². The molecule has 35 heavy (non-hydrogen) atoms. The Morgan fingerprint density at radius 2 is 1.89 bits per heavy atom. The molecule has 0 radical (unpaired) electrons. The minimum atomic E-state index is -1.02. The van der Waals surface area contributed by atoms with Crippen LogP contribution in [0.2, 0.25) is 0 Å². The van der Waals surface area contributed by atoms with E-state index in [1.807, 2.05) is 37.3 Å². The van der Waals surface area contributed by atoms with Crippen LogP contribution < -0.4 is 10.6 Å². The first-order valence-electron chi connectivity index (χ1n) is 13.2. The first-order chi connectivity index (χ1) is 17.0. The Hall–Kier alpha value is -2.45. The predicted molar refractivity (Wildman–Crippen MR) is 129 cm³/mol. The van der Waals surface area contributed by atoms with E-state index in [1.54, 1.807) is 4.90 Å². The van der Waals surface area contributed by atoms with Crippen molar-refractivity contribution in [3.05, 3.63) is 35.9 Å². The average molecular weight is 484 g/mol. The van der Waals surface area contributed by atoms with Gasteiger partial charge in [0.2, 0.25) is 17.7 Å². The van der Waals surface area contributed by atoms with Crippen LogP contribution in [0.3, 0.4) is 0 Å². The largest absolute Gasteiger partial charge is 0.394 e. The topological polar surface area (TPSA) is 108 Å². The van der Waals surface area contributed by atoms with Gasteiger partial charge in [0.1, 0.15) is 11.6 Å². The summed E-state index contributed by atoms with van der Waals surface area (Å²) in [6.07, 6.45) is 6.59. The van der Waals surface area contributed by atoms with Crippen LogP contribution in [0.5, 0.6) is 0 Å². The van der Waals surface area contributed by atoms with Crippen LogP contribution >= 0.6 is 0 Å². The van der Waals surface area contributed by atoms with Crippen molar-refractivity contribution in [3.8, 4) is 0 Å². The standard InChI is InChI=1S/C27H37N3O5/c1-2-19(16-31)30-23(25(33)29-18-11-7-4-8-12-18)27-14-13-20(35-27)21(22(27)26(30)34)24(32)28-15-17-9-5-3-6-10-17/h3,5-6,9-10,18-23,31H,2,4,7-8,11-16H2,1H3,(H,28,32)(H,29,33)/t19-,20+,21-,22-,23?,27?/m0/s1. The Balaban J connectivity index is 1.41. The van der Waals surface area contributed by atoms with E-state index >= 15 is 0 Å². The van der Waals surface area contributed by atoms with E-state index in [2.05, 4.69) is 10.6 Å². The molecule has 3 aliphatic heterocycles. The average Bonchev–Trinajstić information content (AvgIpc) is 3.52. The summed E-state index contributed by atoms with van der Waals surface area (Å²) in [6, 6.07) is 8.45. The van der Waals surface area contributed by atoms with Crippen LogP contribution in [0.15, 0.2) is 30.3 Å². The number of aliphatic hydroxyl groups excluding tert-OH is 1. The third-order valence-electron chi connectivity index (χ3n) is 8.63. The van der Waals surface area contributed by atoms with Gasteiger partial charge in [-0.25, -0.2) is 0 Å². The van der Waals surface area contributed by atoms with Gasteiger partial charge in [0.05, 0.1) is 30.6 Å². The van der Waals surface area contributed by atoms with Crippen molar-refractivity contribution in [2.45, 2.75) is 94.7 Å². The van der Waals surface area contributed by atoms with Gasteiger partial charge in [0.25, 0.3) is 0 Å². The molecule has 3 heterocycles. The Morgan fingerprint density at radius 3 is 2.57 bits per heavy atom. The maximum atomic E-state index is 13.9. The summed E-state index contributed by atoms with van der Waals surface area (Å²) in [4.78, 5) is 42.6. The van der Waals surface area contributed by atoms with Gasteiger partial charge in [-0.05, 0) is 37.7 Å². The Labute approximate surface area is 206 Å². The molecule has 4 aliphatic rings. The van der Waals surface area contributed by atoms with Crippen LogP contribution in [0.4, 0.5) is 0 Å². The summed E-state index contributed by atoms with van der Waals surface area (Å²) < 4.78 is 6.47. The SMILES string of the molecule is CC[C@@H](CO)N1C(=O)[C@@H]2[C@@H](C(=O)NCc3ccccc3)[C@H]3CCC2(O3)C1C(=O)NC1CCCCC1. The van der Waals surface area contributed by atoms with Crippen molar-refractivity contribution in [3.63, 3.8) is 0 Å². The molecule has 190 valence electrons. The molecule has 1 aromatic rings. The summed E-state index contributed by atoms with van der Waals surface area (Å²) in [5, 5.41) is 16.3. The first kappa shape index (κ1) is 24.3. The minimum Gasteiger partial charge on any atom is -0.394 e. The van der Waals surface area contributed by atoms with Gasteiger partial charge in [0, 0.05) is 12.6 Å². The number of aliphatic hydroxyl groups is 1. The monoisotopic (exact) mass is 483 g/mol. The van der Waals surface area contributed by atoms with E-state index < -0.39 is 29.5 Å². The molecule has 2 unspecified atom stereocenters.